The van der Waals surface area contributed by atoms with Crippen molar-refractivity contribution in [1.82, 2.24) is 9.97 Å². The first-order valence-corrected chi connectivity index (χ1v) is 7.43. The monoisotopic (exact) mass is 315 g/mol. The number of pyridine rings is 1. The van der Waals surface area contributed by atoms with E-state index in [1.165, 1.54) is 0 Å². The van der Waals surface area contributed by atoms with Crippen LogP contribution in [0.1, 0.15) is 5.56 Å². The molecule has 24 heavy (non-hydrogen) atoms. The van der Waals surface area contributed by atoms with E-state index in [-0.39, 0.29) is 5.75 Å². The first kappa shape index (κ1) is 14.1. The molecule has 0 aliphatic heterocycles. The molecule has 0 saturated carbocycles. The fourth-order valence-electron chi connectivity index (χ4n) is 2.35. The Kier molecular flexibility index (Phi) is 3.51. The van der Waals surface area contributed by atoms with Crippen molar-refractivity contribution in [3.05, 3.63) is 72.6 Å². The zero-order chi connectivity index (χ0) is 16.4. The maximum absolute atomic E-state index is 9.77. The second-order valence-corrected chi connectivity index (χ2v) is 5.22. The molecule has 5 heteroatoms. The molecule has 5 nitrogen and oxygen atoms in total. The van der Waals surface area contributed by atoms with Gasteiger partial charge in [0, 0.05) is 29.7 Å². The number of para-hydroxylation sites is 1. The molecular formula is C19H13N3O2. The van der Waals surface area contributed by atoms with E-state index < -0.39 is 0 Å². The summed E-state index contributed by atoms with van der Waals surface area (Å²) in [5.74, 6) is 0.748. The van der Waals surface area contributed by atoms with E-state index in [4.69, 9.17) is 4.42 Å². The normalized spacial score (nSPS) is 11.3. The molecule has 2 heterocycles. The van der Waals surface area contributed by atoms with E-state index in [0.717, 1.165) is 16.8 Å². The fourth-order valence-corrected chi connectivity index (χ4v) is 2.35. The van der Waals surface area contributed by atoms with Gasteiger partial charge in [0.2, 0.25) is 5.89 Å². The second-order valence-electron chi connectivity index (χ2n) is 5.22. The van der Waals surface area contributed by atoms with E-state index in [1.54, 1.807) is 36.8 Å². The first-order valence-electron chi connectivity index (χ1n) is 7.43. The lowest BCUT2D eigenvalue weighted by Crippen LogP contribution is -1.80. The minimum absolute atomic E-state index is 0.198. The lowest BCUT2D eigenvalue weighted by atomic mass is 10.2. The molecule has 0 aliphatic carbocycles. The van der Waals surface area contributed by atoms with Crippen LogP contribution in [0.15, 0.2) is 76.4 Å². The van der Waals surface area contributed by atoms with Crippen molar-refractivity contribution in [2.75, 3.05) is 0 Å². The lowest BCUT2D eigenvalue weighted by Gasteiger charge is -1.97. The SMILES string of the molecule is Oc1ccccc1C=Nc1ccc2oc(-c3ccncc3)nc2c1. The number of fused-ring (bicyclic) bond motifs is 1. The summed E-state index contributed by atoms with van der Waals surface area (Å²) in [5.41, 5.74) is 3.70. The van der Waals surface area contributed by atoms with Gasteiger partial charge in [0.15, 0.2) is 5.58 Å². The molecule has 1 N–H and O–H groups in total. The molecule has 0 aliphatic rings. The summed E-state index contributed by atoms with van der Waals surface area (Å²) >= 11 is 0. The van der Waals surface area contributed by atoms with Gasteiger partial charge < -0.3 is 9.52 Å². The smallest absolute Gasteiger partial charge is 0.227 e. The zero-order valence-corrected chi connectivity index (χ0v) is 12.6. The highest BCUT2D eigenvalue weighted by atomic mass is 16.3. The first-order chi connectivity index (χ1) is 11.8. The molecule has 0 bridgehead atoms. The van der Waals surface area contributed by atoms with Crippen LogP contribution in [0.3, 0.4) is 0 Å². The summed E-state index contributed by atoms with van der Waals surface area (Å²) in [4.78, 5) is 12.9. The van der Waals surface area contributed by atoms with E-state index >= 15 is 0 Å². The number of hydrogen-bond acceptors (Lipinski definition) is 5. The molecular weight excluding hydrogens is 302 g/mol. The van der Waals surface area contributed by atoms with Crippen LogP contribution in [0.4, 0.5) is 5.69 Å². The van der Waals surface area contributed by atoms with Gasteiger partial charge in [-0.15, -0.1) is 0 Å². The van der Waals surface area contributed by atoms with Gasteiger partial charge in [0.1, 0.15) is 11.3 Å². The summed E-state index contributed by atoms with van der Waals surface area (Å²) in [6, 6.07) is 16.3. The number of phenols is 1. The largest absolute Gasteiger partial charge is 0.507 e. The van der Waals surface area contributed by atoms with E-state index in [2.05, 4.69) is 15.0 Å². The molecule has 0 radical (unpaired) electrons. The van der Waals surface area contributed by atoms with Crippen LogP contribution in [0.2, 0.25) is 0 Å². The van der Waals surface area contributed by atoms with E-state index in [0.29, 0.717) is 17.0 Å². The Bertz CT molecular complexity index is 1020. The molecule has 4 aromatic rings. The van der Waals surface area contributed by atoms with Crippen molar-refractivity contribution in [1.29, 1.82) is 0 Å². The number of aliphatic imine (C=N–C) groups is 1. The highest BCUT2D eigenvalue weighted by molar-refractivity contribution is 5.87. The van der Waals surface area contributed by atoms with Crippen molar-refractivity contribution in [3.8, 4) is 17.2 Å². The number of rotatable bonds is 3. The summed E-state index contributed by atoms with van der Waals surface area (Å²) in [5, 5.41) is 9.77. The third kappa shape index (κ3) is 2.75. The van der Waals surface area contributed by atoms with Crippen LogP contribution in [0.25, 0.3) is 22.6 Å². The van der Waals surface area contributed by atoms with Crippen LogP contribution in [0, 0.1) is 0 Å². The highest BCUT2D eigenvalue weighted by Gasteiger charge is 2.08. The van der Waals surface area contributed by atoms with Gasteiger partial charge in [0.05, 0.1) is 5.69 Å². The molecule has 2 aromatic heterocycles. The van der Waals surface area contributed by atoms with Gasteiger partial charge >= 0.3 is 0 Å². The molecule has 2 aromatic carbocycles. The van der Waals surface area contributed by atoms with Crippen LogP contribution in [-0.2, 0) is 0 Å². The Morgan fingerprint density at radius 2 is 1.83 bits per heavy atom. The molecule has 116 valence electrons. The maximum atomic E-state index is 9.77. The standard InChI is InChI=1S/C19H13N3O2/c23-17-4-2-1-3-14(17)12-21-15-5-6-18-16(11-15)22-19(24-18)13-7-9-20-10-8-13/h1-12,23H. The van der Waals surface area contributed by atoms with Crippen LogP contribution in [-0.4, -0.2) is 21.3 Å². The summed E-state index contributed by atoms with van der Waals surface area (Å²) in [6.45, 7) is 0. The van der Waals surface area contributed by atoms with Gasteiger partial charge in [-0.1, -0.05) is 12.1 Å². The van der Waals surface area contributed by atoms with Gasteiger partial charge in [-0.25, -0.2) is 4.98 Å². The minimum atomic E-state index is 0.198. The third-order valence-electron chi connectivity index (χ3n) is 3.59. The summed E-state index contributed by atoms with van der Waals surface area (Å²) in [6.07, 6.45) is 5.03. The average Bonchev–Trinajstić information content (AvgIpc) is 3.05. The average molecular weight is 315 g/mol. The van der Waals surface area contributed by atoms with Crippen LogP contribution < -0.4 is 0 Å². The van der Waals surface area contributed by atoms with Gasteiger partial charge in [-0.05, 0) is 42.5 Å². The predicted octanol–water partition coefficient (Wildman–Crippen LogP) is 4.35. The predicted molar refractivity (Wildman–Crippen MR) is 92.6 cm³/mol. The summed E-state index contributed by atoms with van der Waals surface area (Å²) in [7, 11) is 0. The molecule has 0 spiro atoms. The Morgan fingerprint density at radius 3 is 2.67 bits per heavy atom. The molecule has 0 unspecified atom stereocenters. The lowest BCUT2D eigenvalue weighted by molar-refractivity contribution is 0.474. The molecule has 0 saturated heterocycles. The Morgan fingerprint density at radius 1 is 1.00 bits per heavy atom. The van der Waals surface area contributed by atoms with Crippen molar-refractivity contribution in [2.45, 2.75) is 0 Å². The fraction of sp³-hybridized carbons (Fsp3) is 0. The van der Waals surface area contributed by atoms with Crippen molar-refractivity contribution in [2.24, 2.45) is 4.99 Å². The van der Waals surface area contributed by atoms with Crippen molar-refractivity contribution >= 4 is 23.0 Å². The number of aromatic hydroxyl groups is 1. The van der Waals surface area contributed by atoms with E-state index in [1.807, 2.05) is 36.4 Å². The second kappa shape index (κ2) is 5.96. The number of benzene rings is 2. The Labute approximate surface area is 138 Å². The Balaban J connectivity index is 1.67. The number of hydrogen-bond donors (Lipinski definition) is 1. The minimum Gasteiger partial charge on any atom is -0.507 e. The number of oxazole rings is 1. The van der Waals surface area contributed by atoms with Gasteiger partial charge in [-0.3, -0.25) is 9.98 Å². The number of aromatic nitrogens is 2. The van der Waals surface area contributed by atoms with Crippen molar-refractivity contribution in [3.63, 3.8) is 0 Å². The molecule has 0 atom stereocenters. The van der Waals surface area contributed by atoms with Gasteiger partial charge in [0.25, 0.3) is 0 Å². The quantitative estimate of drug-likeness (QED) is 0.571. The number of phenolic OH excluding ortho intramolecular Hbond substituents is 1. The molecule has 4 rings (SSSR count). The van der Waals surface area contributed by atoms with E-state index in [9.17, 15) is 5.11 Å². The van der Waals surface area contributed by atoms with Crippen LogP contribution >= 0.6 is 0 Å². The zero-order valence-electron chi connectivity index (χ0n) is 12.6. The topological polar surface area (TPSA) is 71.5 Å². The van der Waals surface area contributed by atoms with Crippen LogP contribution in [0.5, 0.6) is 5.75 Å². The maximum Gasteiger partial charge on any atom is 0.227 e. The molecule has 0 amide bonds. The van der Waals surface area contributed by atoms with Gasteiger partial charge in [-0.2, -0.15) is 0 Å². The highest BCUT2D eigenvalue weighted by Crippen LogP contribution is 2.27. The molecule has 0 fully saturated rings. The summed E-state index contributed by atoms with van der Waals surface area (Å²) < 4.78 is 5.76. The van der Waals surface area contributed by atoms with Crippen molar-refractivity contribution < 1.29 is 9.52 Å². The third-order valence-corrected chi connectivity index (χ3v) is 3.59. The Hall–Kier alpha value is -3.47. The number of nitrogens with zero attached hydrogens (tertiary/aromatic N) is 3.